The molecule has 0 unspecified atom stereocenters. The predicted octanol–water partition coefficient (Wildman–Crippen LogP) is 3.60. The van der Waals surface area contributed by atoms with Gasteiger partial charge in [-0.2, -0.15) is 4.98 Å². The molecule has 132 valence electrons. The lowest BCUT2D eigenvalue weighted by Gasteiger charge is -2.15. The van der Waals surface area contributed by atoms with Gasteiger partial charge < -0.3 is 20.6 Å². The number of nitrogens with one attached hydrogen (secondary N) is 1. The lowest BCUT2D eigenvalue weighted by atomic mass is 10.0. The summed E-state index contributed by atoms with van der Waals surface area (Å²) in [4.78, 5) is 12.2. The van der Waals surface area contributed by atoms with Crippen LogP contribution in [-0.4, -0.2) is 23.6 Å². The summed E-state index contributed by atoms with van der Waals surface area (Å²) in [5, 5.41) is 3.37. The maximum Gasteiger partial charge on any atom is 0.239 e. The van der Waals surface area contributed by atoms with Crippen LogP contribution in [-0.2, 0) is 13.0 Å². The van der Waals surface area contributed by atoms with Crippen LogP contribution in [0.5, 0.6) is 5.75 Å². The summed E-state index contributed by atoms with van der Waals surface area (Å²) in [6.45, 7) is 12.4. The van der Waals surface area contributed by atoms with E-state index in [9.17, 15) is 0 Å². The van der Waals surface area contributed by atoms with E-state index in [-0.39, 0.29) is 5.95 Å². The van der Waals surface area contributed by atoms with Gasteiger partial charge in [0.15, 0.2) is 0 Å². The quantitative estimate of drug-likeness (QED) is 0.567. The molecule has 1 aromatic heterocycles. The zero-order valence-corrected chi connectivity index (χ0v) is 15.1. The van der Waals surface area contributed by atoms with Crippen molar-refractivity contribution in [2.24, 2.45) is 0 Å². The van der Waals surface area contributed by atoms with Crippen molar-refractivity contribution in [1.29, 1.82) is 0 Å². The van der Waals surface area contributed by atoms with Crippen LogP contribution in [0.4, 0.5) is 11.8 Å². The summed E-state index contributed by atoms with van der Waals surface area (Å²) in [5.41, 5.74) is 9.67. The average Bonchev–Trinajstić information content (AvgIpc) is 2.58. The predicted molar refractivity (Wildman–Crippen MR) is 101 cm³/mol. The van der Waals surface area contributed by atoms with Gasteiger partial charge in [0.25, 0.3) is 0 Å². The second kappa shape index (κ2) is 8.88. The first-order valence-corrected chi connectivity index (χ1v) is 8.44. The standard InChI is InChI=1S/C19H25N5O/c1-5-6-9-22-18-16(13(2)23-19(20)24-18)11-15-10-14(12-21-3)7-8-17(15)25-4/h7-8,10H,5-6,9,11-12H2,1-2,4H3,(H3,20,22,23,24). The fraction of sp³-hybridized carbons (Fsp3) is 0.421. The first-order valence-electron chi connectivity index (χ1n) is 8.44. The number of methoxy groups -OCH3 is 1. The van der Waals surface area contributed by atoms with Gasteiger partial charge in [-0.25, -0.2) is 11.6 Å². The van der Waals surface area contributed by atoms with Gasteiger partial charge in [0, 0.05) is 29.8 Å². The van der Waals surface area contributed by atoms with Crippen molar-refractivity contribution in [2.45, 2.75) is 39.7 Å². The van der Waals surface area contributed by atoms with Gasteiger partial charge in [-0.3, -0.25) is 0 Å². The lowest BCUT2D eigenvalue weighted by Crippen LogP contribution is -2.11. The van der Waals surface area contributed by atoms with Crippen LogP contribution in [0, 0.1) is 13.5 Å². The van der Waals surface area contributed by atoms with Gasteiger partial charge in [-0.1, -0.05) is 13.3 Å². The van der Waals surface area contributed by atoms with Crippen molar-refractivity contribution in [2.75, 3.05) is 24.7 Å². The highest BCUT2D eigenvalue weighted by atomic mass is 16.5. The minimum atomic E-state index is 0.272. The molecule has 0 spiro atoms. The topological polar surface area (TPSA) is 77.4 Å². The molecule has 6 nitrogen and oxygen atoms in total. The van der Waals surface area contributed by atoms with Gasteiger partial charge in [0.2, 0.25) is 12.5 Å². The Morgan fingerprint density at radius 2 is 2.12 bits per heavy atom. The molecule has 3 N–H and O–H groups in total. The van der Waals surface area contributed by atoms with Crippen molar-refractivity contribution in [3.8, 4) is 5.75 Å². The second-order valence-corrected chi connectivity index (χ2v) is 5.91. The Bertz CT molecular complexity index is 767. The number of ether oxygens (including phenoxy) is 1. The van der Waals surface area contributed by atoms with Crippen molar-refractivity contribution < 1.29 is 4.74 Å². The van der Waals surface area contributed by atoms with E-state index in [1.807, 2.05) is 25.1 Å². The Kier molecular flexibility index (Phi) is 6.58. The molecule has 1 heterocycles. The fourth-order valence-electron chi connectivity index (χ4n) is 2.71. The van der Waals surface area contributed by atoms with Crippen LogP contribution >= 0.6 is 0 Å². The van der Waals surface area contributed by atoms with Gasteiger partial charge >= 0.3 is 0 Å². The van der Waals surface area contributed by atoms with E-state index in [2.05, 4.69) is 27.1 Å². The summed E-state index contributed by atoms with van der Waals surface area (Å²) in [6, 6.07) is 5.85. The maximum atomic E-state index is 7.07. The second-order valence-electron chi connectivity index (χ2n) is 5.91. The first kappa shape index (κ1) is 18.5. The molecule has 0 saturated carbocycles. The van der Waals surface area contributed by atoms with Gasteiger partial charge in [0.05, 0.1) is 7.11 Å². The molecule has 0 aliphatic carbocycles. The number of unbranched alkanes of at least 4 members (excludes halogenated alkanes) is 1. The van der Waals surface area contributed by atoms with E-state index in [0.29, 0.717) is 13.0 Å². The van der Waals surface area contributed by atoms with Crippen LogP contribution in [0.1, 0.15) is 42.1 Å². The smallest absolute Gasteiger partial charge is 0.239 e. The Morgan fingerprint density at radius 3 is 2.80 bits per heavy atom. The normalized spacial score (nSPS) is 10.3. The molecule has 0 saturated heterocycles. The van der Waals surface area contributed by atoms with E-state index < -0.39 is 0 Å². The summed E-state index contributed by atoms with van der Waals surface area (Å²) >= 11 is 0. The third-order valence-corrected chi connectivity index (χ3v) is 4.03. The number of nitrogens with zero attached hydrogens (tertiary/aromatic N) is 3. The Labute approximate surface area is 149 Å². The summed E-state index contributed by atoms with van der Waals surface area (Å²) < 4.78 is 5.49. The molecule has 2 aromatic rings. The van der Waals surface area contributed by atoms with Gasteiger partial charge in [-0.15, -0.1) is 0 Å². The van der Waals surface area contributed by atoms with E-state index in [4.69, 9.17) is 17.0 Å². The largest absolute Gasteiger partial charge is 0.496 e. The van der Waals surface area contributed by atoms with Crippen molar-refractivity contribution >= 4 is 11.8 Å². The molecule has 0 aliphatic rings. The number of aryl methyl sites for hydroxylation is 1. The third-order valence-electron chi connectivity index (χ3n) is 4.03. The molecule has 0 atom stereocenters. The molecule has 0 aliphatic heterocycles. The van der Waals surface area contributed by atoms with Crippen molar-refractivity contribution in [3.63, 3.8) is 0 Å². The number of hydrogen-bond acceptors (Lipinski definition) is 5. The van der Waals surface area contributed by atoms with Crippen LogP contribution in [0.2, 0.25) is 0 Å². The van der Waals surface area contributed by atoms with Crippen molar-refractivity contribution in [1.82, 2.24) is 9.97 Å². The molecular formula is C19H25N5O. The number of rotatable bonds is 8. The minimum absolute atomic E-state index is 0.272. The van der Waals surface area contributed by atoms with Crippen molar-refractivity contribution in [3.05, 3.63) is 52.0 Å². The summed E-state index contributed by atoms with van der Waals surface area (Å²) in [5.74, 6) is 1.84. The fourth-order valence-corrected chi connectivity index (χ4v) is 2.71. The Hall–Kier alpha value is -2.81. The maximum absolute atomic E-state index is 7.07. The number of benzene rings is 1. The number of nitrogen functional groups attached to an aromatic ring is 1. The Morgan fingerprint density at radius 1 is 1.32 bits per heavy atom. The van der Waals surface area contributed by atoms with Gasteiger partial charge in [0.1, 0.15) is 11.6 Å². The average molecular weight is 339 g/mol. The van der Waals surface area contributed by atoms with Crippen LogP contribution in [0.3, 0.4) is 0 Å². The Balaban J connectivity index is 2.38. The molecule has 1 aromatic carbocycles. The minimum Gasteiger partial charge on any atom is -0.496 e. The highest BCUT2D eigenvalue weighted by molar-refractivity contribution is 5.53. The van der Waals surface area contributed by atoms with Crippen LogP contribution in [0.25, 0.3) is 4.85 Å². The molecule has 0 fully saturated rings. The number of nitrogens with two attached hydrogens (primary N) is 1. The monoisotopic (exact) mass is 339 g/mol. The number of aromatic nitrogens is 2. The number of anilines is 2. The molecule has 25 heavy (non-hydrogen) atoms. The number of hydrogen-bond donors (Lipinski definition) is 2. The first-order chi connectivity index (χ1) is 12.1. The summed E-state index contributed by atoms with van der Waals surface area (Å²) in [7, 11) is 1.65. The van der Waals surface area contributed by atoms with E-state index in [1.54, 1.807) is 7.11 Å². The SMILES string of the molecule is [C-]#[N+]Cc1ccc(OC)c(Cc2c(C)nc(N)nc2NCCCC)c1. The molecule has 6 heteroatoms. The molecular weight excluding hydrogens is 314 g/mol. The van der Waals surface area contributed by atoms with E-state index in [0.717, 1.165) is 53.3 Å². The molecule has 2 rings (SSSR count). The van der Waals surface area contributed by atoms with Gasteiger partial charge in [-0.05, 0) is 37.1 Å². The zero-order chi connectivity index (χ0) is 18.2. The van der Waals surface area contributed by atoms with Crippen LogP contribution < -0.4 is 15.8 Å². The summed E-state index contributed by atoms with van der Waals surface area (Å²) in [6.07, 6.45) is 2.79. The highest BCUT2D eigenvalue weighted by Gasteiger charge is 2.14. The van der Waals surface area contributed by atoms with E-state index in [1.165, 1.54) is 0 Å². The molecule has 0 radical (unpaired) electrons. The zero-order valence-electron chi connectivity index (χ0n) is 15.1. The lowest BCUT2D eigenvalue weighted by molar-refractivity contribution is 0.410. The van der Waals surface area contributed by atoms with E-state index >= 15 is 0 Å². The highest BCUT2D eigenvalue weighted by Crippen LogP contribution is 2.27. The van der Waals surface area contributed by atoms with Crippen LogP contribution in [0.15, 0.2) is 18.2 Å². The molecule has 0 amide bonds. The third kappa shape index (κ3) is 4.83. The molecule has 0 bridgehead atoms.